The molecule has 1 aromatic carbocycles. The summed E-state index contributed by atoms with van der Waals surface area (Å²) in [5, 5.41) is 2.32. The minimum absolute atomic E-state index is 0.152. The number of aryl methyl sites for hydroxylation is 1. The van der Waals surface area contributed by atoms with Gasteiger partial charge in [0.05, 0.1) is 13.7 Å². The maximum atomic E-state index is 12.2. The molecule has 0 atom stereocenters. The van der Waals surface area contributed by atoms with Gasteiger partial charge in [-0.3, -0.25) is 9.63 Å². The lowest BCUT2D eigenvalue weighted by Gasteiger charge is -2.13. The molecule has 0 N–H and O–H groups in total. The van der Waals surface area contributed by atoms with Crippen LogP contribution in [-0.2, 0) is 16.1 Å². The van der Waals surface area contributed by atoms with Crippen molar-refractivity contribution in [2.24, 2.45) is 0 Å². The lowest BCUT2D eigenvalue weighted by atomic mass is 10.1. The number of fused-ring (bicyclic) bond motifs is 1. The second-order valence-corrected chi connectivity index (χ2v) is 5.07. The zero-order chi connectivity index (χ0) is 15.6. The number of amides is 1. The monoisotopic (exact) mass is 290 g/mol. The van der Waals surface area contributed by atoms with Crippen LogP contribution >= 0.6 is 0 Å². The van der Waals surface area contributed by atoms with Gasteiger partial charge in [-0.2, -0.15) is 0 Å². The average Bonchev–Trinajstić information content (AvgIpc) is 2.75. The van der Waals surface area contributed by atoms with Gasteiger partial charge in [0.15, 0.2) is 0 Å². The highest BCUT2D eigenvalue weighted by molar-refractivity contribution is 5.98. The van der Waals surface area contributed by atoms with E-state index in [2.05, 4.69) is 18.4 Å². The molecule has 1 amide bonds. The van der Waals surface area contributed by atoms with E-state index < -0.39 is 0 Å². The van der Waals surface area contributed by atoms with Gasteiger partial charge in [-0.1, -0.05) is 0 Å². The van der Waals surface area contributed by atoms with Crippen LogP contribution in [0, 0.1) is 13.8 Å². The lowest BCUT2D eigenvalue weighted by molar-refractivity contribution is -0.0756. The van der Waals surface area contributed by atoms with Crippen LogP contribution in [0.15, 0.2) is 18.2 Å². The minimum Gasteiger partial charge on any atom is -0.383 e. The molecule has 5 nitrogen and oxygen atoms in total. The summed E-state index contributed by atoms with van der Waals surface area (Å²) in [6.45, 7) is 5.64. The predicted molar refractivity (Wildman–Crippen MR) is 82.4 cm³/mol. The van der Waals surface area contributed by atoms with E-state index in [-0.39, 0.29) is 5.91 Å². The molecule has 0 bridgehead atoms. The second-order valence-electron chi connectivity index (χ2n) is 5.07. The first-order chi connectivity index (χ1) is 10.0. The van der Waals surface area contributed by atoms with Crippen molar-refractivity contribution in [3.8, 4) is 0 Å². The summed E-state index contributed by atoms with van der Waals surface area (Å²) in [5.41, 5.74) is 4.14. The number of rotatable bonds is 5. The number of hydrogen-bond donors (Lipinski definition) is 0. The Morgan fingerprint density at radius 3 is 2.62 bits per heavy atom. The third-order valence-corrected chi connectivity index (χ3v) is 3.96. The maximum Gasteiger partial charge on any atom is 0.277 e. The molecule has 0 saturated carbocycles. The van der Waals surface area contributed by atoms with Gasteiger partial charge in [-0.15, -0.1) is 0 Å². The molecular weight excluding hydrogens is 268 g/mol. The summed E-state index contributed by atoms with van der Waals surface area (Å²) in [6.07, 6.45) is 0. The first kappa shape index (κ1) is 15.5. The van der Waals surface area contributed by atoms with Gasteiger partial charge in [-0.05, 0) is 37.6 Å². The zero-order valence-electron chi connectivity index (χ0n) is 13.3. The molecule has 2 aromatic rings. The Hall–Kier alpha value is -1.85. The quantitative estimate of drug-likeness (QED) is 0.795. The SMILES string of the molecule is COCCn1c(C)c(C)c2cc(C(=O)N(C)OC)ccc21. The smallest absolute Gasteiger partial charge is 0.277 e. The Morgan fingerprint density at radius 2 is 2.00 bits per heavy atom. The fraction of sp³-hybridized carbons (Fsp3) is 0.438. The second kappa shape index (κ2) is 6.28. The molecule has 0 fully saturated rings. The van der Waals surface area contributed by atoms with Gasteiger partial charge in [0, 0.05) is 42.9 Å². The number of hydrogen-bond acceptors (Lipinski definition) is 3. The van der Waals surface area contributed by atoms with Crippen LogP contribution in [0.3, 0.4) is 0 Å². The molecular formula is C16H22N2O3. The van der Waals surface area contributed by atoms with Crippen molar-refractivity contribution in [2.45, 2.75) is 20.4 Å². The summed E-state index contributed by atoms with van der Waals surface area (Å²) in [4.78, 5) is 17.1. The van der Waals surface area contributed by atoms with E-state index in [0.29, 0.717) is 12.2 Å². The van der Waals surface area contributed by atoms with Crippen LogP contribution in [0.2, 0.25) is 0 Å². The fourth-order valence-electron chi connectivity index (χ4n) is 2.52. The number of methoxy groups -OCH3 is 1. The van der Waals surface area contributed by atoms with E-state index in [0.717, 1.165) is 17.4 Å². The zero-order valence-corrected chi connectivity index (χ0v) is 13.3. The normalized spacial score (nSPS) is 11.1. The van der Waals surface area contributed by atoms with Crippen molar-refractivity contribution in [3.05, 3.63) is 35.0 Å². The number of carbonyl (C=O) groups is 1. The minimum atomic E-state index is -0.152. The average molecular weight is 290 g/mol. The first-order valence-corrected chi connectivity index (χ1v) is 6.91. The van der Waals surface area contributed by atoms with Crippen LogP contribution in [-0.4, -0.2) is 43.4 Å². The number of aromatic nitrogens is 1. The van der Waals surface area contributed by atoms with Gasteiger partial charge in [0.2, 0.25) is 0 Å². The van der Waals surface area contributed by atoms with E-state index in [4.69, 9.17) is 9.57 Å². The number of ether oxygens (including phenoxy) is 1. The number of benzene rings is 1. The van der Waals surface area contributed by atoms with E-state index in [9.17, 15) is 4.79 Å². The third kappa shape index (κ3) is 2.80. The van der Waals surface area contributed by atoms with Crippen molar-refractivity contribution in [3.63, 3.8) is 0 Å². The highest BCUT2D eigenvalue weighted by Crippen LogP contribution is 2.26. The highest BCUT2D eigenvalue weighted by Gasteiger charge is 2.16. The van der Waals surface area contributed by atoms with Gasteiger partial charge >= 0.3 is 0 Å². The molecule has 0 aliphatic rings. The number of carbonyl (C=O) groups excluding carboxylic acids is 1. The summed E-state index contributed by atoms with van der Waals surface area (Å²) in [5.74, 6) is -0.152. The van der Waals surface area contributed by atoms with Gasteiger partial charge in [-0.25, -0.2) is 5.06 Å². The van der Waals surface area contributed by atoms with E-state index in [1.165, 1.54) is 23.4 Å². The lowest BCUT2D eigenvalue weighted by Crippen LogP contribution is -2.25. The largest absolute Gasteiger partial charge is 0.383 e. The molecule has 5 heteroatoms. The molecule has 21 heavy (non-hydrogen) atoms. The molecule has 0 unspecified atom stereocenters. The molecule has 0 saturated heterocycles. The standard InChI is InChI=1S/C16H22N2O3/c1-11-12(2)18(8-9-20-4)15-7-6-13(10-14(11)15)16(19)17(3)21-5/h6-7,10H,8-9H2,1-5H3. The predicted octanol–water partition coefficient (Wildman–Crippen LogP) is 2.54. The molecule has 0 aliphatic heterocycles. The molecule has 114 valence electrons. The molecule has 0 aliphatic carbocycles. The van der Waals surface area contributed by atoms with Crippen molar-refractivity contribution in [1.29, 1.82) is 0 Å². The van der Waals surface area contributed by atoms with Crippen LogP contribution in [0.4, 0.5) is 0 Å². The van der Waals surface area contributed by atoms with Crippen molar-refractivity contribution >= 4 is 16.8 Å². The first-order valence-electron chi connectivity index (χ1n) is 6.91. The van der Waals surface area contributed by atoms with Crippen LogP contribution in [0.5, 0.6) is 0 Å². The van der Waals surface area contributed by atoms with Crippen molar-refractivity contribution < 1.29 is 14.4 Å². The maximum absolute atomic E-state index is 12.2. The summed E-state index contributed by atoms with van der Waals surface area (Å²) in [6, 6.07) is 5.75. The van der Waals surface area contributed by atoms with Crippen LogP contribution in [0.1, 0.15) is 21.6 Å². The Morgan fingerprint density at radius 1 is 1.29 bits per heavy atom. The Bertz CT molecular complexity index is 661. The van der Waals surface area contributed by atoms with Gasteiger partial charge in [0.25, 0.3) is 5.91 Å². The third-order valence-electron chi connectivity index (χ3n) is 3.96. The summed E-state index contributed by atoms with van der Waals surface area (Å²) in [7, 11) is 4.78. The summed E-state index contributed by atoms with van der Waals surface area (Å²) >= 11 is 0. The topological polar surface area (TPSA) is 43.7 Å². The van der Waals surface area contributed by atoms with E-state index >= 15 is 0 Å². The summed E-state index contributed by atoms with van der Waals surface area (Å²) < 4.78 is 7.39. The molecule has 0 radical (unpaired) electrons. The Kier molecular flexibility index (Phi) is 4.65. The Labute approximate surface area is 125 Å². The van der Waals surface area contributed by atoms with Crippen molar-refractivity contribution in [1.82, 2.24) is 9.63 Å². The Balaban J connectivity index is 2.49. The highest BCUT2D eigenvalue weighted by atomic mass is 16.7. The van der Waals surface area contributed by atoms with Crippen LogP contribution in [0.25, 0.3) is 10.9 Å². The van der Waals surface area contributed by atoms with E-state index in [1.54, 1.807) is 14.2 Å². The molecule has 1 heterocycles. The van der Waals surface area contributed by atoms with E-state index in [1.807, 2.05) is 18.2 Å². The molecule has 2 rings (SSSR count). The van der Waals surface area contributed by atoms with Crippen molar-refractivity contribution in [2.75, 3.05) is 27.9 Å². The molecule has 0 spiro atoms. The van der Waals surface area contributed by atoms with Gasteiger partial charge in [0.1, 0.15) is 0 Å². The number of nitrogens with zero attached hydrogens (tertiary/aromatic N) is 2. The van der Waals surface area contributed by atoms with Gasteiger partial charge < -0.3 is 9.30 Å². The fourth-order valence-corrected chi connectivity index (χ4v) is 2.52. The number of hydroxylamine groups is 2. The molecule has 1 aromatic heterocycles. The van der Waals surface area contributed by atoms with Crippen LogP contribution < -0.4 is 0 Å².